The van der Waals surface area contributed by atoms with E-state index in [0.717, 1.165) is 24.0 Å². The molecule has 2 aromatic rings. The average Bonchev–Trinajstić information content (AvgIpc) is 2.72. The molecule has 0 unspecified atom stereocenters. The summed E-state index contributed by atoms with van der Waals surface area (Å²) < 4.78 is 0. The van der Waals surface area contributed by atoms with Crippen molar-refractivity contribution in [3.8, 4) is 11.3 Å². The minimum absolute atomic E-state index is 0.563. The van der Waals surface area contributed by atoms with Gasteiger partial charge in [-0.1, -0.05) is 30.7 Å². The fraction of sp³-hybridized carbons (Fsp3) is 0.231. The molecule has 0 aliphatic carbocycles. The van der Waals surface area contributed by atoms with Gasteiger partial charge in [0.15, 0.2) is 11.3 Å². The zero-order valence-corrected chi connectivity index (χ0v) is 10.2. The molecule has 0 aliphatic heterocycles. The predicted molar refractivity (Wildman–Crippen MR) is 67.1 cm³/mol. The number of carbonyl (C=O) groups is 1. The van der Waals surface area contributed by atoms with Crippen molar-refractivity contribution in [2.45, 2.75) is 20.3 Å². The van der Waals surface area contributed by atoms with E-state index >= 15 is 0 Å². The molecule has 0 N–H and O–H groups in total. The van der Waals surface area contributed by atoms with Crippen LogP contribution in [0.15, 0.2) is 24.3 Å². The van der Waals surface area contributed by atoms with E-state index in [1.807, 2.05) is 12.1 Å². The highest BCUT2D eigenvalue weighted by Gasteiger charge is 2.11. The van der Waals surface area contributed by atoms with Crippen LogP contribution in [0.3, 0.4) is 0 Å². The fourth-order valence-corrected chi connectivity index (χ4v) is 2.52. The van der Waals surface area contributed by atoms with Gasteiger partial charge in [-0.25, -0.2) is 4.98 Å². The molecule has 0 saturated carbocycles. The molecule has 0 amide bonds. The van der Waals surface area contributed by atoms with Gasteiger partial charge in [0.05, 0.1) is 5.69 Å². The second kappa shape index (κ2) is 4.58. The molecular weight excluding hydrogens is 218 g/mol. The standard InChI is InChI=1S/C13H13NOS/c1-3-11-13(14-12(8-15)16-11)10-6-4-5-9(2)7-10/h4-8H,3H2,1-2H3. The smallest absolute Gasteiger partial charge is 0.178 e. The minimum atomic E-state index is 0.563. The monoisotopic (exact) mass is 231 g/mol. The van der Waals surface area contributed by atoms with E-state index in [1.165, 1.54) is 21.8 Å². The first-order valence-electron chi connectivity index (χ1n) is 5.26. The number of rotatable bonds is 3. The van der Waals surface area contributed by atoms with Crippen molar-refractivity contribution in [3.63, 3.8) is 0 Å². The maximum atomic E-state index is 10.7. The van der Waals surface area contributed by atoms with Crippen LogP contribution in [0.2, 0.25) is 0 Å². The maximum absolute atomic E-state index is 10.7. The predicted octanol–water partition coefficient (Wildman–Crippen LogP) is 3.49. The van der Waals surface area contributed by atoms with Gasteiger partial charge < -0.3 is 0 Å². The van der Waals surface area contributed by atoms with Crippen LogP contribution in [-0.4, -0.2) is 11.3 Å². The Hall–Kier alpha value is -1.48. The zero-order chi connectivity index (χ0) is 11.5. The molecule has 0 fully saturated rings. The summed E-state index contributed by atoms with van der Waals surface area (Å²) in [6.07, 6.45) is 1.73. The van der Waals surface area contributed by atoms with E-state index in [9.17, 15) is 4.79 Å². The van der Waals surface area contributed by atoms with Crippen molar-refractivity contribution in [2.24, 2.45) is 0 Å². The summed E-state index contributed by atoms with van der Waals surface area (Å²) in [6, 6.07) is 8.21. The number of aromatic nitrogens is 1. The Balaban J connectivity index is 2.54. The van der Waals surface area contributed by atoms with Gasteiger partial charge in [0.2, 0.25) is 0 Å². The lowest BCUT2D eigenvalue weighted by Crippen LogP contribution is -1.85. The Morgan fingerprint density at radius 2 is 2.25 bits per heavy atom. The van der Waals surface area contributed by atoms with Gasteiger partial charge in [0, 0.05) is 10.4 Å². The molecular formula is C13H13NOS. The van der Waals surface area contributed by atoms with Gasteiger partial charge in [-0.3, -0.25) is 4.79 Å². The van der Waals surface area contributed by atoms with Gasteiger partial charge in [-0.2, -0.15) is 0 Å². The van der Waals surface area contributed by atoms with Crippen LogP contribution in [0, 0.1) is 6.92 Å². The highest BCUT2D eigenvalue weighted by atomic mass is 32.1. The Morgan fingerprint density at radius 1 is 1.44 bits per heavy atom. The summed E-state index contributed by atoms with van der Waals surface area (Å²) >= 11 is 1.48. The lowest BCUT2D eigenvalue weighted by atomic mass is 10.1. The molecule has 1 aromatic carbocycles. The van der Waals surface area contributed by atoms with Crippen molar-refractivity contribution in [2.75, 3.05) is 0 Å². The van der Waals surface area contributed by atoms with E-state index in [4.69, 9.17) is 0 Å². The molecule has 2 rings (SSSR count). The van der Waals surface area contributed by atoms with Crippen LogP contribution in [0.1, 0.15) is 27.2 Å². The molecule has 0 saturated heterocycles. The molecule has 82 valence electrons. The second-order valence-corrected chi connectivity index (χ2v) is 4.78. The summed E-state index contributed by atoms with van der Waals surface area (Å²) in [5.74, 6) is 0. The number of carbonyl (C=O) groups excluding carboxylic acids is 1. The summed E-state index contributed by atoms with van der Waals surface area (Å²) in [5.41, 5.74) is 3.26. The lowest BCUT2D eigenvalue weighted by molar-refractivity contribution is 0.112. The molecule has 2 nitrogen and oxygen atoms in total. The van der Waals surface area contributed by atoms with Crippen LogP contribution in [0.25, 0.3) is 11.3 Å². The van der Waals surface area contributed by atoms with Crippen LogP contribution < -0.4 is 0 Å². The molecule has 0 aliphatic rings. The van der Waals surface area contributed by atoms with Gasteiger partial charge in [0.1, 0.15) is 0 Å². The number of hydrogen-bond donors (Lipinski definition) is 0. The van der Waals surface area contributed by atoms with Crippen molar-refractivity contribution in [3.05, 3.63) is 39.7 Å². The quantitative estimate of drug-likeness (QED) is 0.757. The largest absolute Gasteiger partial charge is 0.295 e. The van der Waals surface area contributed by atoms with Crippen LogP contribution in [0.4, 0.5) is 0 Å². The Kier molecular flexibility index (Phi) is 3.15. The molecule has 1 aromatic heterocycles. The molecule has 0 radical (unpaired) electrons. The first-order valence-corrected chi connectivity index (χ1v) is 6.08. The number of hydrogen-bond acceptors (Lipinski definition) is 3. The summed E-state index contributed by atoms with van der Waals surface area (Å²) in [4.78, 5) is 16.3. The number of thiazole rings is 1. The first-order chi connectivity index (χ1) is 7.74. The normalized spacial score (nSPS) is 10.4. The average molecular weight is 231 g/mol. The van der Waals surface area contributed by atoms with Gasteiger partial charge in [-0.05, 0) is 19.4 Å². The minimum Gasteiger partial charge on any atom is -0.295 e. The van der Waals surface area contributed by atoms with E-state index in [2.05, 4.69) is 31.0 Å². The summed E-state index contributed by atoms with van der Waals surface area (Å²) in [7, 11) is 0. The van der Waals surface area contributed by atoms with E-state index < -0.39 is 0 Å². The van der Waals surface area contributed by atoms with Crippen LogP contribution in [0.5, 0.6) is 0 Å². The Bertz CT molecular complexity index is 516. The topological polar surface area (TPSA) is 30.0 Å². The highest BCUT2D eigenvalue weighted by Crippen LogP contribution is 2.28. The maximum Gasteiger partial charge on any atom is 0.178 e. The lowest BCUT2D eigenvalue weighted by Gasteiger charge is -2.01. The van der Waals surface area contributed by atoms with E-state index in [-0.39, 0.29) is 0 Å². The van der Waals surface area contributed by atoms with Crippen molar-refractivity contribution < 1.29 is 4.79 Å². The third-order valence-corrected chi connectivity index (χ3v) is 3.55. The van der Waals surface area contributed by atoms with Crippen molar-refractivity contribution in [1.29, 1.82) is 0 Å². The third-order valence-electron chi connectivity index (χ3n) is 2.43. The number of aryl methyl sites for hydroxylation is 2. The highest BCUT2D eigenvalue weighted by molar-refractivity contribution is 7.13. The molecule has 0 atom stereocenters. The molecule has 3 heteroatoms. The Morgan fingerprint density at radius 3 is 2.88 bits per heavy atom. The number of nitrogens with zero attached hydrogens (tertiary/aromatic N) is 1. The fourth-order valence-electron chi connectivity index (χ4n) is 1.68. The second-order valence-electron chi connectivity index (χ2n) is 3.66. The van der Waals surface area contributed by atoms with Gasteiger partial charge in [0.25, 0.3) is 0 Å². The van der Waals surface area contributed by atoms with Crippen LogP contribution in [-0.2, 0) is 6.42 Å². The molecule has 0 bridgehead atoms. The first kappa shape index (κ1) is 11.0. The molecule has 1 heterocycles. The third kappa shape index (κ3) is 2.04. The van der Waals surface area contributed by atoms with Gasteiger partial charge >= 0.3 is 0 Å². The van der Waals surface area contributed by atoms with Gasteiger partial charge in [-0.15, -0.1) is 11.3 Å². The number of benzene rings is 1. The van der Waals surface area contributed by atoms with E-state index in [1.54, 1.807) is 0 Å². The SMILES string of the molecule is CCc1sc(C=O)nc1-c1cccc(C)c1. The van der Waals surface area contributed by atoms with Crippen molar-refractivity contribution in [1.82, 2.24) is 4.98 Å². The molecule has 16 heavy (non-hydrogen) atoms. The van der Waals surface area contributed by atoms with Crippen LogP contribution >= 0.6 is 11.3 Å². The summed E-state index contributed by atoms with van der Waals surface area (Å²) in [6.45, 7) is 4.14. The zero-order valence-electron chi connectivity index (χ0n) is 9.36. The number of aldehydes is 1. The summed E-state index contributed by atoms with van der Waals surface area (Å²) in [5, 5.41) is 0.563. The van der Waals surface area contributed by atoms with Crippen molar-refractivity contribution >= 4 is 17.6 Å². The molecule has 0 spiro atoms. The Labute approximate surface area is 99.0 Å². The van der Waals surface area contributed by atoms with E-state index in [0.29, 0.717) is 5.01 Å².